The largest absolute Gasteiger partial charge is 0.492 e. The zero-order chi connectivity index (χ0) is 26.9. The van der Waals surface area contributed by atoms with Gasteiger partial charge >= 0.3 is 0 Å². The maximum Gasteiger partial charge on any atom is 0.269 e. The van der Waals surface area contributed by atoms with Crippen LogP contribution in [0.1, 0.15) is 28.1 Å². The quantitative estimate of drug-likeness (QED) is 0.135. The molecule has 0 radical (unpaired) electrons. The summed E-state index contributed by atoms with van der Waals surface area (Å²) < 4.78 is 5.65. The number of nitro benzene ring substituents is 1. The van der Waals surface area contributed by atoms with Crippen molar-refractivity contribution in [2.45, 2.75) is 17.1 Å². The van der Waals surface area contributed by atoms with Gasteiger partial charge in [0.15, 0.2) is 0 Å². The van der Waals surface area contributed by atoms with Crippen molar-refractivity contribution in [3.8, 4) is 5.75 Å². The van der Waals surface area contributed by atoms with Gasteiger partial charge in [0.05, 0.1) is 17.2 Å². The molecule has 0 saturated carbocycles. The van der Waals surface area contributed by atoms with E-state index < -0.39 is 16.1 Å². The number of anilines is 2. The first kappa shape index (κ1) is 26.4. The summed E-state index contributed by atoms with van der Waals surface area (Å²) >= 11 is 1.35. The molecule has 1 atom stereocenters. The lowest BCUT2D eigenvalue weighted by Crippen LogP contribution is -2.19. The van der Waals surface area contributed by atoms with Gasteiger partial charge in [0, 0.05) is 28.3 Å². The number of carbonyl (C=O) groups is 2. The molecule has 4 aromatic carbocycles. The van der Waals surface area contributed by atoms with Crippen molar-refractivity contribution in [3.05, 3.63) is 124 Å². The van der Waals surface area contributed by atoms with E-state index >= 15 is 0 Å². The molecule has 0 fully saturated rings. The highest BCUT2D eigenvalue weighted by molar-refractivity contribution is 8.00. The van der Waals surface area contributed by atoms with Crippen LogP contribution >= 0.6 is 11.8 Å². The Labute approximate surface area is 224 Å². The Morgan fingerprint density at radius 3 is 2.32 bits per heavy atom. The minimum atomic E-state index is -0.577. The van der Waals surface area contributed by atoms with Gasteiger partial charge in [-0.2, -0.15) is 0 Å². The van der Waals surface area contributed by atoms with Crippen molar-refractivity contribution in [1.82, 2.24) is 0 Å². The van der Waals surface area contributed by atoms with Gasteiger partial charge in [-0.3, -0.25) is 19.7 Å². The summed E-state index contributed by atoms with van der Waals surface area (Å²) in [6, 6.07) is 29.3. The van der Waals surface area contributed by atoms with E-state index in [0.29, 0.717) is 29.3 Å². The summed E-state index contributed by atoms with van der Waals surface area (Å²) in [5, 5.41) is 16.1. The molecule has 192 valence electrons. The summed E-state index contributed by atoms with van der Waals surface area (Å²) in [5.74, 6) is -0.0169. The normalized spacial score (nSPS) is 11.3. The molecule has 0 aliphatic carbocycles. The van der Waals surface area contributed by atoms with Crippen LogP contribution in [-0.2, 0) is 4.79 Å². The molecule has 2 N–H and O–H groups in total. The fourth-order valence-corrected chi connectivity index (χ4v) is 4.75. The molecule has 0 aliphatic heterocycles. The van der Waals surface area contributed by atoms with E-state index in [0.717, 1.165) is 10.5 Å². The topological polar surface area (TPSA) is 111 Å². The Hall–Kier alpha value is -4.63. The highest BCUT2D eigenvalue weighted by Gasteiger charge is 2.23. The van der Waals surface area contributed by atoms with Crippen LogP contribution in [0.15, 0.2) is 108 Å². The van der Waals surface area contributed by atoms with Crippen LogP contribution in [0.3, 0.4) is 0 Å². The lowest BCUT2D eigenvalue weighted by atomic mass is 10.1. The van der Waals surface area contributed by atoms with Crippen molar-refractivity contribution < 1.29 is 19.2 Å². The maximum atomic E-state index is 13.5. The number of para-hydroxylation sites is 2. The van der Waals surface area contributed by atoms with Crippen molar-refractivity contribution >= 4 is 40.6 Å². The van der Waals surface area contributed by atoms with E-state index in [1.807, 2.05) is 55.5 Å². The Balaban J connectivity index is 1.53. The van der Waals surface area contributed by atoms with Gasteiger partial charge in [-0.1, -0.05) is 48.5 Å². The average molecular weight is 528 g/mol. The van der Waals surface area contributed by atoms with Crippen molar-refractivity contribution in [1.29, 1.82) is 0 Å². The molecule has 9 heteroatoms. The third kappa shape index (κ3) is 6.77. The first-order valence-electron chi connectivity index (χ1n) is 11.8. The predicted octanol–water partition coefficient (Wildman–Crippen LogP) is 6.72. The molecule has 0 aliphatic rings. The highest BCUT2D eigenvalue weighted by atomic mass is 32.2. The molecule has 0 heterocycles. The average Bonchev–Trinajstić information content (AvgIpc) is 2.93. The minimum Gasteiger partial charge on any atom is -0.492 e. The number of benzene rings is 4. The number of rotatable bonds is 10. The van der Waals surface area contributed by atoms with E-state index in [4.69, 9.17) is 4.74 Å². The second-order valence-corrected chi connectivity index (χ2v) is 9.29. The Morgan fingerprint density at radius 1 is 0.895 bits per heavy atom. The third-order valence-corrected chi connectivity index (χ3v) is 6.72. The number of hydrogen-bond donors (Lipinski definition) is 2. The number of amides is 2. The van der Waals surface area contributed by atoms with Crippen molar-refractivity contribution in [2.75, 3.05) is 17.2 Å². The van der Waals surface area contributed by atoms with Crippen LogP contribution in [0.5, 0.6) is 5.75 Å². The lowest BCUT2D eigenvalue weighted by molar-refractivity contribution is -0.384. The van der Waals surface area contributed by atoms with Crippen LogP contribution in [0.2, 0.25) is 0 Å². The summed E-state index contributed by atoms with van der Waals surface area (Å²) in [4.78, 5) is 37.3. The monoisotopic (exact) mass is 527 g/mol. The number of nitrogens with zero attached hydrogens (tertiary/aromatic N) is 1. The zero-order valence-electron chi connectivity index (χ0n) is 20.5. The molecule has 38 heavy (non-hydrogen) atoms. The molecular weight excluding hydrogens is 502 g/mol. The molecule has 0 aromatic heterocycles. The number of hydrogen-bond acceptors (Lipinski definition) is 6. The van der Waals surface area contributed by atoms with E-state index in [1.165, 1.54) is 36.0 Å². The summed E-state index contributed by atoms with van der Waals surface area (Å²) in [7, 11) is 0. The summed E-state index contributed by atoms with van der Waals surface area (Å²) in [5.41, 5.74) is 2.15. The smallest absolute Gasteiger partial charge is 0.269 e. The lowest BCUT2D eigenvalue weighted by Gasteiger charge is -2.19. The fourth-order valence-electron chi connectivity index (χ4n) is 3.67. The third-order valence-electron chi connectivity index (χ3n) is 5.47. The molecule has 1 unspecified atom stereocenters. The maximum absolute atomic E-state index is 13.5. The first-order valence-corrected chi connectivity index (χ1v) is 12.7. The number of ether oxygens (including phenoxy) is 1. The van der Waals surface area contributed by atoms with E-state index in [2.05, 4.69) is 10.6 Å². The molecule has 0 spiro atoms. The van der Waals surface area contributed by atoms with Crippen LogP contribution in [0, 0.1) is 10.1 Å². The van der Waals surface area contributed by atoms with E-state index in [9.17, 15) is 19.7 Å². The standard InChI is InChI=1S/C29H25N3O5S/c1-2-37-26-14-7-6-13-25(26)31-29(34)27(20-9-4-3-5-10-20)38-24-12-8-11-22(19-24)30-28(33)21-15-17-23(18-16-21)32(35)36/h3-19,27H,2H2,1H3,(H,30,33)(H,31,34). The van der Waals surface area contributed by atoms with Crippen molar-refractivity contribution in [3.63, 3.8) is 0 Å². The van der Waals surface area contributed by atoms with Crippen LogP contribution < -0.4 is 15.4 Å². The molecule has 0 saturated heterocycles. The fraction of sp³-hybridized carbons (Fsp3) is 0.103. The van der Waals surface area contributed by atoms with Gasteiger partial charge in [0.1, 0.15) is 11.0 Å². The van der Waals surface area contributed by atoms with E-state index in [1.54, 1.807) is 30.3 Å². The predicted molar refractivity (Wildman–Crippen MR) is 149 cm³/mol. The number of carbonyl (C=O) groups excluding carboxylic acids is 2. The molecule has 8 nitrogen and oxygen atoms in total. The number of nitrogens with one attached hydrogen (secondary N) is 2. The Bertz CT molecular complexity index is 1430. The second-order valence-electron chi connectivity index (χ2n) is 8.11. The molecule has 4 rings (SSSR count). The molecule has 2 amide bonds. The van der Waals surface area contributed by atoms with Gasteiger partial charge in [-0.05, 0) is 55.0 Å². The number of non-ortho nitro benzene ring substituents is 1. The Kier molecular flexibility index (Phi) is 8.73. The first-order chi connectivity index (χ1) is 18.4. The minimum absolute atomic E-state index is 0.0888. The van der Waals surface area contributed by atoms with Gasteiger partial charge < -0.3 is 15.4 Å². The highest BCUT2D eigenvalue weighted by Crippen LogP contribution is 2.38. The van der Waals surface area contributed by atoms with Crippen LogP contribution in [-0.4, -0.2) is 23.3 Å². The second kappa shape index (κ2) is 12.6. The summed E-state index contributed by atoms with van der Waals surface area (Å²) in [6.07, 6.45) is 0. The van der Waals surface area contributed by atoms with Crippen LogP contribution in [0.25, 0.3) is 0 Å². The molecule has 4 aromatic rings. The van der Waals surface area contributed by atoms with Gasteiger partial charge in [0.2, 0.25) is 5.91 Å². The van der Waals surface area contributed by atoms with Gasteiger partial charge in [0.25, 0.3) is 11.6 Å². The van der Waals surface area contributed by atoms with Crippen molar-refractivity contribution in [2.24, 2.45) is 0 Å². The SMILES string of the molecule is CCOc1ccccc1NC(=O)C(Sc1cccc(NC(=O)c2ccc([N+](=O)[O-])cc2)c1)c1ccccc1. The molecule has 0 bridgehead atoms. The Morgan fingerprint density at radius 2 is 1.61 bits per heavy atom. The number of thioether (sulfide) groups is 1. The van der Waals surface area contributed by atoms with Gasteiger partial charge in [-0.25, -0.2) is 0 Å². The number of nitro groups is 1. The van der Waals surface area contributed by atoms with Crippen LogP contribution in [0.4, 0.5) is 17.1 Å². The molecular formula is C29H25N3O5S. The zero-order valence-corrected chi connectivity index (χ0v) is 21.3. The summed E-state index contributed by atoms with van der Waals surface area (Å²) in [6.45, 7) is 2.36. The van der Waals surface area contributed by atoms with E-state index in [-0.39, 0.29) is 11.6 Å². The van der Waals surface area contributed by atoms with Gasteiger partial charge in [-0.15, -0.1) is 11.8 Å².